The summed E-state index contributed by atoms with van der Waals surface area (Å²) >= 11 is 3.52. The summed E-state index contributed by atoms with van der Waals surface area (Å²) in [5.41, 5.74) is 6.65. The maximum absolute atomic E-state index is 13.2. The number of hydrogen-bond donors (Lipinski definition) is 3. The lowest BCUT2D eigenvalue weighted by Crippen LogP contribution is -2.70. The number of nitrogen functional groups attached to an aromatic ring is 1. The maximum atomic E-state index is 13.2. The third kappa shape index (κ3) is 7.72. The molecule has 4 heterocycles. The van der Waals surface area contributed by atoms with Gasteiger partial charge in [-0.2, -0.15) is 0 Å². The van der Waals surface area contributed by atoms with Crippen LogP contribution in [0.3, 0.4) is 0 Å². The number of oxime groups is 1. The minimum absolute atomic E-state index is 0.00884. The molecule has 1 fully saturated rings. The van der Waals surface area contributed by atoms with E-state index < -0.39 is 41.3 Å². The molecule has 20 heteroatoms. The molecular weight excluding hydrogens is 693 g/mol. The minimum Gasteiger partial charge on any atom is -0.449 e. The number of carbonyl (C=O) groups is 5. The molecule has 3 aromatic rings. The highest BCUT2D eigenvalue weighted by Gasteiger charge is 2.54. The van der Waals surface area contributed by atoms with E-state index in [1.165, 1.54) is 54.2 Å². The van der Waals surface area contributed by atoms with E-state index in [-0.39, 0.29) is 57.3 Å². The molecule has 0 saturated carbocycles. The summed E-state index contributed by atoms with van der Waals surface area (Å²) < 4.78 is 21.2. The van der Waals surface area contributed by atoms with Gasteiger partial charge in [-0.05, 0) is 25.1 Å². The van der Waals surface area contributed by atoms with Crippen LogP contribution >= 0.6 is 34.9 Å². The first-order valence-corrected chi connectivity index (χ1v) is 16.8. The number of carbonyl (C=O) groups excluding carboxylic acids is 4. The Bertz CT molecular complexity index is 1840. The average molecular weight is 719 g/mol. The number of aromatic nitrogens is 2. The number of nitrogens with one attached hydrogen (secondary N) is 1. The third-order valence-corrected chi connectivity index (χ3v) is 9.26. The van der Waals surface area contributed by atoms with Crippen molar-refractivity contribution in [3.63, 3.8) is 0 Å². The van der Waals surface area contributed by atoms with Crippen molar-refractivity contribution in [2.75, 3.05) is 23.8 Å². The van der Waals surface area contributed by atoms with E-state index in [9.17, 15) is 29.1 Å². The standard InChI is InChI=1S/C28H26N6O11S3/c1-4-41-33-20(16-11-47-26(29)31-16)22(37)32-21-23(38)34-24(45-28(39)40)15(9-46-25(21)34)10-48-27-30-8-19(44-27)14-5-6-17(42-12(2)35)18(7-14)43-13(3)36/h5-8,11,21,25H,4,9-10H2,1-3H3,(H2,29,31)(H,32,37)(H,39,40)/t21-,25+/m1/s1. The first-order valence-electron chi connectivity index (χ1n) is 13.8. The Labute approximate surface area is 283 Å². The van der Waals surface area contributed by atoms with Crippen LogP contribution in [-0.4, -0.2) is 85.1 Å². The van der Waals surface area contributed by atoms with Crippen molar-refractivity contribution >= 4 is 75.6 Å². The fourth-order valence-electron chi connectivity index (χ4n) is 4.39. The predicted octanol–water partition coefficient (Wildman–Crippen LogP) is 3.07. The second kappa shape index (κ2) is 14.8. The van der Waals surface area contributed by atoms with Crippen LogP contribution in [0.1, 0.15) is 26.5 Å². The van der Waals surface area contributed by atoms with E-state index in [0.29, 0.717) is 16.9 Å². The van der Waals surface area contributed by atoms with Crippen LogP contribution in [-0.2, 0) is 28.8 Å². The molecule has 0 radical (unpaired) electrons. The van der Waals surface area contributed by atoms with Gasteiger partial charge in [0.2, 0.25) is 5.88 Å². The monoisotopic (exact) mass is 718 g/mol. The second-order valence-corrected chi connectivity index (χ2v) is 12.6. The fraction of sp³-hybridized carbons (Fsp3) is 0.286. The second-order valence-electron chi connectivity index (χ2n) is 9.69. The number of ether oxygens (including phenoxy) is 3. The molecule has 2 amide bonds. The van der Waals surface area contributed by atoms with E-state index in [1.54, 1.807) is 13.0 Å². The van der Waals surface area contributed by atoms with E-state index >= 15 is 0 Å². The first kappa shape index (κ1) is 34.3. The van der Waals surface area contributed by atoms with Gasteiger partial charge in [0, 0.05) is 41.9 Å². The summed E-state index contributed by atoms with van der Waals surface area (Å²) in [6.45, 7) is 4.28. The number of esters is 2. The van der Waals surface area contributed by atoms with Crippen molar-refractivity contribution in [3.8, 4) is 22.8 Å². The summed E-state index contributed by atoms with van der Waals surface area (Å²) in [6.07, 6.45) is -0.185. The number of rotatable bonds is 12. The lowest BCUT2D eigenvalue weighted by Gasteiger charge is -2.49. The maximum Gasteiger partial charge on any atom is 0.512 e. The quantitative estimate of drug-likeness (QED) is 0.0609. The zero-order chi connectivity index (χ0) is 34.5. The third-order valence-electron chi connectivity index (χ3n) is 6.32. The van der Waals surface area contributed by atoms with E-state index in [1.807, 2.05) is 0 Å². The Kier molecular flexibility index (Phi) is 10.5. The minimum atomic E-state index is -1.62. The van der Waals surface area contributed by atoms with Crippen molar-refractivity contribution in [1.29, 1.82) is 0 Å². The Balaban J connectivity index is 1.29. The lowest BCUT2D eigenvalue weighted by atomic mass is 10.1. The van der Waals surface area contributed by atoms with Crippen molar-refractivity contribution in [2.45, 2.75) is 37.4 Å². The fourth-order valence-corrected chi connectivity index (χ4v) is 7.19. The molecule has 0 unspecified atom stereocenters. The van der Waals surface area contributed by atoms with Gasteiger partial charge in [0.25, 0.3) is 17.0 Å². The van der Waals surface area contributed by atoms with Crippen LogP contribution in [0.15, 0.2) is 56.0 Å². The zero-order valence-electron chi connectivity index (χ0n) is 25.3. The molecule has 2 atom stereocenters. The molecule has 2 aromatic heterocycles. The highest BCUT2D eigenvalue weighted by Crippen LogP contribution is 2.42. The molecule has 252 valence electrons. The van der Waals surface area contributed by atoms with Crippen LogP contribution in [0.5, 0.6) is 11.5 Å². The number of fused-ring (bicyclic) bond motifs is 1. The highest BCUT2D eigenvalue weighted by atomic mass is 32.2. The molecule has 2 aliphatic rings. The van der Waals surface area contributed by atoms with Crippen LogP contribution in [0.25, 0.3) is 11.3 Å². The largest absolute Gasteiger partial charge is 0.512 e. The molecule has 4 N–H and O–H groups in total. The Morgan fingerprint density at radius 1 is 1.19 bits per heavy atom. The van der Waals surface area contributed by atoms with Gasteiger partial charge in [-0.1, -0.05) is 16.9 Å². The Morgan fingerprint density at radius 2 is 1.94 bits per heavy atom. The Hall–Kier alpha value is -5.08. The predicted molar refractivity (Wildman–Crippen MR) is 171 cm³/mol. The summed E-state index contributed by atoms with van der Waals surface area (Å²) in [6, 6.07) is 3.48. The number of benzene rings is 1. The summed E-state index contributed by atoms with van der Waals surface area (Å²) in [7, 11) is 0. The van der Waals surface area contributed by atoms with E-state index in [0.717, 1.165) is 23.1 Å². The van der Waals surface area contributed by atoms with Gasteiger partial charge in [-0.15, -0.1) is 23.1 Å². The van der Waals surface area contributed by atoms with Gasteiger partial charge in [-0.3, -0.25) is 24.1 Å². The van der Waals surface area contributed by atoms with Crippen molar-refractivity contribution < 1.29 is 52.5 Å². The van der Waals surface area contributed by atoms with Crippen molar-refractivity contribution in [2.24, 2.45) is 5.16 Å². The van der Waals surface area contributed by atoms with Gasteiger partial charge in [0.05, 0.1) is 6.20 Å². The number of β-lactam (4-membered cyclic amide) rings is 1. The van der Waals surface area contributed by atoms with Crippen LogP contribution in [0.2, 0.25) is 0 Å². The number of carboxylic acid groups (broad SMARTS) is 1. The number of hydrogen-bond acceptors (Lipinski definition) is 17. The number of nitrogens with zero attached hydrogens (tertiary/aromatic N) is 4. The molecule has 2 aliphatic heterocycles. The van der Waals surface area contributed by atoms with E-state index in [2.05, 4.69) is 20.4 Å². The summed E-state index contributed by atoms with van der Waals surface area (Å²) in [5, 5.41) is 17.2. The molecule has 0 spiro atoms. The van der Waals surface area contributed by atoms with Crippen molar-refractivity contribution in [3.05, 3.63) is 46.9 Å². The topological polar surface area (TPSA) is 235 Å². The number of anilines is 1. The molecule has 17 nitrogen and oxygen atoms in total. The summed E-state index contributed by atoms with van der Waals surface area (Å²) in [5.74, 6) is -1.93. The van der Waals surface area contributed by atoms with Crippen LogP contribution in [0, 0.1) is 0 Å². The van der Waals surface area contributed by atoms with Gasteiger partial charge in [0.1, 0.15) is 23.7 Å². The molecule has 5 rings (SSSR count). The normalized spacial score (nSPS) is 17.3. The van der Waals surface area contributed by atoms with Crippen LogP contribution < -0.4 is 20.5 Å². The lowest BCUT2D eigenvalue weighted by molar-refractivity contribution is -0.148. The van der Waals surface area contributed by atoms with Gasteiger partial charge >= 0.3 is 18.1 Å². The molecular formula is C28H26N6O11S3. The highest BCUT2D eigenvalue weighted by molar-refractivity contribution is 8.01. The van der Waals surface area contributed by atoms with Gasteiger partial charge in [0.15, 0.2) is 28.1 Å². The first-order chi connectivity index (χ1) is 22.9. The molecule has 0 aliphatic carbocycles. The number of thiazole rings is 1. The Morgan fingerprint density at radius 3 is 2.60 bits per heavy atom. The molecule has 0 bridgehead atoms. The number of nitrogens with two attached hydrogens (primary N) is 1. The molecule has 1 aromatic carbocycles. The van der Waals surface area contributed by atoms with Gasteiger partial charge < -0.3 is 39.6 Å². The number of oxazole rings is 1. The number of thioether (sulfide) groups is 2. The average Bonchev–Trinajstić information content (AvgIpc) is 3.68. The van der Waals surface area contributed by atoms with Crippen molar-refractivity contribution in [1.82, 2.24) is 20.2 Å². The van der Waals surface area contributed by atoms with Crippen LogP contribution in [0.4, 0.5) is 9.93 Å². The number of amides is 2. The zero-order valence-corrected chi connectivity index (χ0v) is 27.7. The van der Waals surface area contributed by atoms with E-state index in [4.69, 9.17) is 29.2 Å². The molecule has 1 saturated heterocycles. The summed E-state index contributed by atoms with van der Waals surface area (Å²) in [4.78, 5) is 75.5. The molecule has 48 heavy (non-hydrogen) atoms. The SMILES string of the molecule is CCON=C(C(=O)N[C@@H]1C(=O)N2C(OC(=O)O)=C(CSc3ncc(-c4ccc(OC(C)=O)c(OC(C)=O)c4)o3)CS[C@@H]12)c1csc(N)n1. The van der Waals surface area contributed by atoms with Gasteiger partial charge in [-0.25, -0.2) is 14.8 Å². The smallest absolute Gasteiger partial charge is 0.449 e.